The second-order valence-electron chi connectivity index (χ2n) is 4.00. The average Bonchev–Trinajstić information content (AvgIpc) is 2.71. The van der Waals surface area contributed by atoms with Gasteiger partial charge in [0.1, 0.15) is 11.5 Å². The summed E-state index contributed by atoms with van der Waals surface area (Å²) in [5, 5.41) is 0.459. The molecule has 1 aromatic carbocycles. The summed E-state index contributed by atoms with van der Waals surface area (Å²) in [6, 6.07) is 8.02. The number of fused-ring (bicyclic) bond motifs is 1. The second-order valence-corrected chi connectivity index (χ2v) is 4.39. The number of benzene rings is 1. The number of halogens is 1. The van der Waals surface area contributed by atoms with Crippen molar-refractivity contribution in [1.29, 1.82) is 0 Å². The van der Waals surface area contributed by atoms with E-state index in [0.29, 0.717) is 5.15 Å². The molecule has 4 heteroatoms. The first-order valence-electron chi connectivity index (χ1n) is 5.36. The van der Waals surface area contributed by atoms with Gasteiger partial charge in [-0.1, -0.05) is 23.7 Å². The summed E-state index contributed by atoms with van der Waals surface area (Å²) in [7, 11) is 0. The summed E-state index contributed by atoms with van der Waals surface area (Å²) >= 11 is 5.87. The van der Waals surface area contributed by atoms with E-state index in [1.54, 1.807) is 6.07 Å². The predicted octanol–water partition coefficient (Wildman–Crippen LogP) is 3.12. The van der Waals surface area contributed by atoms with Crippen LogP contribution < -0.4 is 0 Å². The highest BCUT2D eigenvalue weighted by Crippen LogP contribution is 2.26. The van der Waals surface area contributed by atoms with Gasteiger partial charge in [-0.2, -0.15) is 0 Å². The highest BCUT2D eigenvalue weighted by atomic mass is 35.5. The fraction of sp³-hybridized carbons (Fsp3) is 0.154. The molecule has 1 aromatic heterocycles. The molecule has 17 heavy (non-hydrogen) atoms. The van der Waals surface area contributed by atoms with Crippen molar-refractivity contribution in [3.8, 4) is 11.3 Å². The first kappa shape index (κ1) is 10.4. The minimum absolute atomic E-state index is 0.459. The summed E-state index contributed by atoms with van der Waals surface area (Å²) in [6.07, 6.45) is 1.48. The van der Waals surface area contributed by atoms with Crippen molar-refractivity contribution in [3.63, 3.8) is 0 Å². The summed E-state index contributed by atoms with van der Waals surface area (Å²) in [5.74, 6) is 0. The van der Waals surface area contributed by atoms with Gasteiger partial charge in [0.05, 0.1) is 12.2 Å². The Bertz CT molecular complexity index is 620. The molecule has 0 bridgehead atoms. The Kier molecular flexibility index (Phi) is 2.41. The molecule has 2 heterocycles. The van der Waals surface area contributed by atoms with Crippen molar-refractivity contribution in [1.82, 2.24) is 9.97 Å². The average molecular weight is 244 g/mol. The van der Waals surface area contributed by atoms with Gasteiger partial charge in [0, 0.05) is 22.9 Å². The molecule has 0 saturated heterocycles. The smallest absolute Gasteiger partial charge is 0.133 e. The Balaban J connectivity index is 2.11. The van der Waals surface area contributed by atoms with E-state index in [9.17, 15) is 0 Å². The standard InChI is InChI=1S/C13H10ClN3/c1-8-11-4-9(2-3-10(11)6-15-8)12-5-13(14)17-7-16-12/h2-5,7H,6H2,1H3. The largest absolute Gasteiger partial charge is 0.285 e. The van der Waals surface area contributed by atoms with Gasteiger partial charge in [-0.15, -0.1) is 0 Å². The molecule has 3 rings (SSSR count). The molecule has 3 nitrogen and oxygen atoms in total. The van der Waals surface area contributed by atoms with Crippen molar-refractivity contribution in [2.24, 2.45) is 4.99 Å². The maximum Gasteiger partial charge on any atom is 0.133 e. The zero-order valence-electron chi connectivity index (χ0n) is 9.31. The number of hydrogen-bond donors (Lipinski definition) is 0. The Morgan fingerprint density at radius 1 is 1.18 bits per heavy atom. The molecule has 0 radical (unpaired) electrons. The monoisotopic (exact) mass is 243 g/mol. The number of aliphatic imine (C=N–C) groups is 1. The fourth-order valence-corrected chi connectivity index (χ4v) is 2.14. The summed E-state index contributed by atoms with van der Waals surface area (Å²) < 4.78 is 0. The normalized spacial score (nSPS) is 13.4. The van der Waals surface area contributed by atoms with E-state index in [1.165, 1.54) is 17.5 Å². The van der Waals surface area contributed by atoms with Crippen LogP contribution in [-0.2, 0) is 6.54 Å². The first-order valence-corrected chi connectivity index (χ1v) is 5.74. The predicted molar refractivity (Wildman–Crippen MR) is 68.4 cm³/mol. The molecule has 0 spiro atoms. The van der Waals surface area contributed by atoms with Crippen molar-refractivity contribution < 1.29 is 0 Å². The SMILES string of the molecule is CC1=NCc2ccc(-c3cc(Cl)ncn3)cc21. The van der Waals surface area contributed by atoms with Crippen LogP contribution in [-0.4, -0.2) is 15.7 Å². The number of hydrogen-bond acceptors (Lipinski definition) is 3. The molecule has 2 aromatic rings. The van der Waals surface area contributed by atoms with E-state index in [0.717, 1.165) is 23.5 Å². The van der Waals surface area contributed by atoms with Crippen LogP contribution in [0.25, 0.3) is 11.3 Å². The van der Waals surface area contributed by atoms with E-state index in [4.69, 9.17) is 11.6 Å². The molecule has 0 atom stereocenters. The fourth-order valence-electron chi connectivity index (χ4n) is 1.99. The Morgan fingerprint density at radius 3 is 2.88 bits per heavy atom. The van der Waals surface area contributed by atoms with Crippen LogP contribution in [0.2, 0.25) is 5.15 Å². The van der Waals surface area contributed by atoms with Gasteiger partial charge in [-0.05, 0) is 18.6 Å². The zero-order valence-corrected chi connectivity index (χ0v) is 10.1. The van der Waals surface area contributed by atoms with E-state index in [-0.39, 0.29) is 0 Å². The maximum atomic E-state index is 5.87. The summed E-state index contributed by atoms with van der Waals surface area (Å²) in [6.45, 7) is 2.81. The van der Waals surface area contributed by atoms with E-state index in [1.807, 2.05) is 13.0 Å². The Morgan fingerprint density at radius 2 is 2.06 bits per heavy atom. The topological polar surface area (TPSA) is 38.1 Å². The minimum Gasteiger partial charge on any atom is -0.285 e. The lowest BCUT2D eigenvalue weighted by Gasteiger charge is -2.04. The third-order valence-corrected chi connectivity index (χ3v) is 3.12. The van der Waals surface area contributed by atoms with Crippen LogP contribution in [0.4, 0.5) is 0 Å². The van der Waals surface area contributed by atoms with Crippen molar-refractivity contribution in [2.45, 2.75) is 13.5 Å². The molecule has 0 aliphatic carbocycles. The molecule has 84 valence electrons. The zero-order chi connectivity index (χ0) is 11.8. The van der Waals surface area contributed by atoms with Crippen molar-refractivity contribution in [3.05, 3.63) is 46.9 Å². The Hall–Kier alpha value is -1.74. The first-order chi connectivity index (χ1) is 8.24. The molecular weight excluding hydrogens is 234 g/mol. The highest BCUT2D eigenvalue weighted by Gasteiger charge is 2.13. The van der Waals surface area contributed by atoms with Crippen LogP contribution in [0.15, 0.2) is 35.6 Å². The quantitative estimate of drug-likeness (QED) is 0.722. The van der Waals surface area contributed by atoms with E-state index < -0.39 is 0 Å². The Labute approximate surface area is 104 Å². The summed E-state index contributed by atoms with van der Waals surface area (Å²) in [5.41, 5.74) is 5.45. The number of nitrogens with zero attached hydrogens (tertiary/aromatic N) is 3. The molecule has 1 aliphatic heterocycles. The molecule has 0 unspecified atom stereocenters. The highest BCUT2D eigenvalue weighted by molar-refractivity contribution is 6.29. The lowest BCUT2D eigenvalue weighted by Crippen LogP contribution is -1.93. The molecule has 0 N–H and O–H groups in total. The van der Waals surface area contributed by atoms with Gasteiger partial charge in [0.25, 0.3) is 0 Å². The van der Waals surface area contributed by atoms with Crippen LogP contribution in [0.3, 0.4) is 0 Å². The maximum absolute atomic E-state index is 5.87. The van der Waals surface area contributed by atoms with Crippen LogP contribution in [0.1, 0.15) is 18.1 Å². The van der Waals surface area contributed by atoms with Crippen molar-refractivity contribution >= 4 is 17.3 Å². The molecule has 0 amide bonds. The molecule has 0 saturated carbocycles. The minimum atomic E-state index is 0.459. The van der Waals surface area contributed by atoms with E-state index in [2.05, 4.69) is 27.1 Å². The molecule has 1 aliphatic rings. The van der Waals surface area contributed by atoms with Gasteiger partial charge in [-0.3, -0.25) is 4.99 Å². The van der Waals surface area contributed by atoms with Gasteiger partial charge in [0.2, 0.25) is 0 Å². The van der Waals surface area contributed by atoms with Crippen LogP contribution in [0.5, 0.6) is 0 Å². The molecule has 0 fully saturated rings. The van der Waals surface area contributed by atoms with Crippen LogP contribution in [0, 0.1) is 0 Å². The van der Waals surface area contributed by atoms with Gasteiger partial charge in [0.15, 0.2) is 0 Å². The second kappa shape index (κ2) is 3.93. The summed E-state index contributed by atoms with van der Waals surface area (Å²) in [4.78, 5) is 12.5. The number of rotatable bonds is 1. The third-order valence-electron chi connectivity index (χ3n) is 2.92. The molecular formula is C13H10ClN3. The van der Waals surface area contributed by atoms with Gasteiger partial charge in [-0.25, -0.2) is 9.97 Å². The lowest BCUT2D eigenvalue weighted by atomic mass is 10.0. The van der Waals surface area contributed by atoms with E-state index >= 15 is 0 Å². The lowest BCUT2D eigenvalue weighted by molar-refractivity contribution is 1.11. The number of aromatic nitrogens is 2. The van der Waals surface area contributed by atoms with Crippen LogP contribution >= 0.6 is 11.6 Å². The van der Waals surface area contributed by atoms with Gasteiger partial charge < -0.3 is 0 Å². The third kappa shape index (κ3) is 1.83. The van der Waals surface area contributed by atoms with Gasteiger partial charge >= 0.3 is 0 Å². The van der Waals surface area contributed by atoms with Crippen molar-refractivity contribution in [2.75, 3.05) is 0 Å².